The Morgan fingerprint density at radius 2 is 1.90 bits per heavy atom. The lowest BCUT2D eigenvalue weighted by Gasteiger charge is -2.15. The zero-order valence-corrected chi connectivity index (χ0v) is 11.7. The summed E-state index contributed by atoms with van der Waals surface area (Å²) in [6.45, 7) is 3.71. The summed E-state index contributed by atoms with van der Waals surface area (Å²) in [6.07, 6.45) is -3.25. The monoisotopic (exact) mass is 295 g/mol. The molecular weight excluding hydrogens is 278 g/mol. The number of hydrogen-bond donors (Lipinski definition) is 0. The highest BCUT2D eigenvalue weighted by molar-refractivity contribution is 5.92. The lowest BCUT2D eigenvalue weighted by molar-refractivity contribution is -0.141. The van der Waals surface area contributed by atoms with Gasteiger partial charge in [-0.1, -0.05) is 13.8 Å². The summed E-state index contributed by atoms with van der Waals surface area (Å²) >= 11 is 0. The van der Waals surface area contributed by atoms with Crippen molar-refractivity contribution in [2.24, 2.45) is 5.92 Å². The molecule has 1 aromatic rings. The number of aromatic nitrogens is 1. The Bertz CT molecular complexity index is 444. The van der Waals surface area contributed by atoms with E-state index in [0.717, 1.165) is 13.3 Å². The van der Waals surface area contributed by atoms with Gasteiger partial charge in [-0.3, -0.25) is 9.37 Å². The van der Waals surface area contributed by atoms with Crippen LogP contribution in [0.3, 0.4) is 0 Å². The minimum Gasteiger partial charge on any atom is -0.465 e. The number of alkyl halides is 4. The predicted octanol–water partition coefficient (Wildman–Crippen LogP) is 3.67. The number of esters is 1. The number of hydrogen-bond acceptors (Lipinski definition) is 3. The molecule has 0 aliphatic carbocycles. The highest BCUT2D eigenvalue weighted by atomic mass is 19.4. The number of nitrogens with zero attached hydrogens (tertiary/aromatic N) is 1. The summed E-state index contributed by atoms with van der Waals surface area (Å²) < 4.78 is 52.3. The first kappa shape index (κ1) is 18.3. The molecule has 0 aliphatic heterocycles. The number of ether oxygens (including phenoxy) is 1. The van der Waals surface area contributed by atoms with Gasteiger partial charge in [0.25, 0.3) is 0 Å². The largest absolute Gasteiger partial charge is 0.465 e. The summed E-state index contributed by atoms with van der Waals surface area (Å²) in [5.74, 6) is -0.886. The van der Waals surface area contributed by atoms with Gasteiger partial charge in [0.05, 0.1) is 19.9 Å². The minimum atomic E-state index is -4.67. The summed E-state index contributed by atoms with van der Waals surface area (Å²) in [5, 5.41) is 0. The molecule has 1 aromatic heterocycles. The molecule has 0 amide bonds. The molecule has 0 aliphatic rings. The van der Waals surface area contributed by atoms with Crippen molar-refractivity contribution < 1.29 is 27.1 Å². The average Bonchev–Trinajstić information content (AvgIpc) is 2.38. The molecule has 1 rings (SSSR count). The van der Waals surface area contributed by atoms with Crippen molar-refractivity contribution >= 4 is 5.97 Å². The van der Waals surface area contributed by atoms with E-state index in [2.05, 4.69) is 9.72 Å². The van der Waals surface area contributed by atoms with Crippen LogP contribution in [0.15, 0.2) is 12.3 Å². The smallest absolute Gasteiger partial charge is 0.434 e. The van der Waals surface area contributed by atoms with Gasteiger partial charge in [-0.15, -0.1) is 0 Å². The molecule has 0 bridgehead atoms. The molecule has 0 fully saturated rings. The lowest BCUT2D eigenvalue weighted by Crippen LogP contribution is -2.19. The van der Waals surface area contributed by atoms with Gasteiger partial charge in [-0.25, -0.2) is 4.79 Å². The average molecular weight is 295 g/mol. The van der Waals surface area contributed by atoms with Crippen molar-refractivity contribution in [1.29, 1.82) is 0 Å². The second-order valence-corrected chi connectivity index (χ2v) is 4.28. The molecule has 3 nitrogen and oxygen atoms in total. The van der Waals surface area contributed by atoms with E-state index in [0.29, 0.717) is 19.2 Å². The maximum atomic E-state index is 12.8. The van der Waals surface area contributed by atoms with Crippen LogP contribution in [0, 0.1) is 5.92 Å². The summed E-state index contributed by atoms with van der Waals surface area (Å²) in [6, 6.07) is 1.42. The van der Waals surface area contributed by atoms with E-state index in [9.17, 15) is 22.4 Å². The Kier molecular flexibility index (Phi) is 7.17. The maximum Gasteiger partial charge on any atom is 0.434 e. The van der Waals surface area contributed by atoms with Gasteiger partial charge in [-0.2, -0.15) is 13.2 Å². The third kappa shape index (κ3) is 4.79. The second-order valence-electron chi connectivity index (χ2n) is 4.28. The molecule has 0 unspecified atom stereocenters. The molecule has 0 saturated carbocycles. The van der Waals surface area contributed by atoms with Crippen LogP contribution in [0.1, 0.15) is 35.5 Å². The quantitative estimate of drug-likeness (QED) is 0.631. The standard InChI is InChI=1S/C12H14F3NO2.CH3F/c1-7(2)6-8-4-5-16-10(12(13,14)15)9(8)11(17)18-3;1-2/h4-5,7H,6H2,1-3H3;1H3. The van der Waals surface area contributed by atoms with Crippen LogP contribution in [0.5, 0.6) is 0 Å². The number of halogens is 4. The van der Waals surface area contributed by atoms with Crippen LogP contribution >= 0.6 is 0 Å². The number of pyridine rings is 1. The van der Waals surface area contributed by atoms with E-state index in [4.69, 9.17) is 0 Å². The fourth-order valence-electron chi connectivity index (χ4n) is 1.66. The van der Waals surface area contributed by atoms with Crippen LogP contribution in [0.25, 0.3) is 0 Å². The second kappa shape index (κ2) is 7.81. The van der Waals surface area contributed by atoms with E-state index in [1.54, 1.807) is 0 Å². The third-order valence-corrected chi connectivity index (χ3v) is 2.32. The van der Waals surface area contributed by atoms with Gasteiger partial charge in [0.2, 0.25) is 0 Å². The first-order valence-electron chi connectivity index (χ1n) is 5.78. The van der Waals surface area contributed by atoms with E-state index < -0.39 is 23.4 Å². The SMILES string of the molecule is CF.COC(=O)c1c(CC(C)C)ccnc1C(F)(F)F. The van der Waals surface area contributed by atoms with Crippen LogP contribution in [0.2, 0.25) is 0 Å². The van der Waals surface area contributed by atoms with Crippen molar-refractivity contribution in [3.8, 4) is 0 Å². The zero-order valence-electron chi connectivity index (χ0n) is 11.7. The van der Waals surface area contributed by atoms with Crippen molar-refractivity contribution in [1.82, 2.24) is 4.98 Å². The highest BCUT2D eigenvalue weighted by Crippen LogP contribution is 2.32. The van der Waals surface area contributed by atoms with Gasteiger partial charge >= 0.3 is 12.1 Å². The van der Waals surface area contributed by atoms with Crippen LogP contribution < -0.4 is 0 Å². The van der Waals surface area contributed by atoms with Crippen LogP contribution in [-0.2, 0) is 17.3 Å². The molecule has 0 radical (unpaired) electrons. The van der Waals surface area contributed by atoms with Gasteiger partial charge in [-0.05, 0) is 24.0 Å². The van der Waals surface area contributed by atoms with Gasteiger partial charge in [0.15, 0.2) is 5.69 Å². The molecule has 0 saturated heterocycles. The molecule has 0 spiro atoms. The number of carbonyl (C=O) groups is 1. The summed E-state index contributed by atoms with van der Waals surface area (Å²) in [7, 11) is 1.55. The lowest BCUT2D eigenvalue weighted by atomic mass is 9.97. The molecule has 0 N–H and O–H groups in total. The Hall–Kier alpha value is -1.66. The van der Waals surface area contributed by atoms with Crippen molar-refractivity contribution in [2.45, 2.75) is 26.4 Å². The van der Waals surface area contributed by atoms with Crippen LogP contribution in [0.4, 0.5) is 17.6 Å². The summed E-state index contributed by atoms with van der Waals surface area (Å²) in [5.41, 5.74) is -1.37. The van der Waals surface area contributed by atoms with E-state index in [-0.39, 0.29) is 5.92 Å². The number of rotatable bonds is 3. The molecule has 114 valence electrons. The fourth-order valence-corrected chi connectivity index (χ4v) is 1.66. The number of methoxy groups -OCH3 is 1. The predicted molar refractivity (Wildman–Crippen MR) is 66.2 cm³/mol. The third-order valence-electron chi connectivity index (χ3n) is 2.32. The Morgan fingerprint density at radius 3 is 2.30 bits per heavy atom. The molecule has 20 heavy (non-hydrogen) atoms. The van der Waals surface area contributed by atoms with Crippen molar-refractivity contribution in [3.05, 3.63) is 29.1 Å². The van der Waals surface area contributed by atoms with E-state index in [1.807, 2.05) is 13.8 Å². The zero-order chi connectivity index (χ0) is 15.9. The first-order valence-corrected chi connectivity index (χ1v) is 5.78. The topological polar surface area (TPSA) is 39.2 Å². The van der Waals surface area contributed by atoms with Gasteiger partial charge in [0, 0.05) is 6.20 Å². The first-order chi connectivity index (χ1) is 9.27. The Morgan fingerprint density at radius 1 is 1.35 bits per heavy atom. The molecule has 1 heterocycles. The van der Waals surface area contributed by atoms with E-state index >= 15 is 0 Å². The minimum absolute atomic E-state index is 0.122. The van der Waals surface area contributed by atoms with Gasteiger partial charge < -0.3 is 4.74 Å². The van der Waals surface area contributed by atoms with Crippen LogP contribution in [-0.4, -0.2) is 25.2 Å². The highest BCUT2D eigenvalue weighted by Gasteiger charge is 2.38. The Labute approximate surface area is 115 Å². The molecule has 7 heteroatoms. The summed E-state index contributed by atoms with van der Waals surface area (Å²) in [4.78, 5) is 14.8. The van der Waals surface area contributed by atoms with E-state index in [1.165, 1.54) is 6.07 Å². The fraction of sp³-hybridized carbons (Fsp3) is 0.538. The normalized spacial score (nSPS) is 10.8. The number of carbonyl (C=O) groups excluding carboxylic acids is 1. The van der Waals surface area contributed by atoms with Gasteiger partial charge in [0.1, 0.15) is 0 Å². The maximum absolute atomic E-state index is 12.8. The molecule has 0 aromatic carbocycles. The molecular formula is C13H17F4NO2. The Balaban J connectivity index is 0.00000172. The molecule has 0 atom stereocenters. The van der Waals surface area contributed by atoms with Crippen molar-refractivity contribution in [3.63, 3.8) is 0 Å². The van der Waals surface area contributed by atoms with Crippen molar-refractivity contribution in [2.75, 3.05) is 14.3 Å².